The molecule has 0 saturated heterocycles. The van der Waals surface area contributed by atoms with Crippen LogP contribution in [0, 0.1) is 17.8 Å². The summed E-state index contributed by atoms with van der Waals surface area (Å²) in [5.41, 5.74) is 0.933. The molecule has 1 aliphatic carbocycles. The Labute approximate surface area is 123 Å². The first-order valence-electron chi connectivity index (χ1n) is 7.81. The zero-order chi connectivity index (χ0) is 14.8. The highest BCUT2D eigenvalue weighted by atomic mass is 16.2. The van der Waals surface area contributed by atoms with E-state index in [2.05, 4.69) is 45.1 Å². The van der Waals surface area contributed by atoms with Crippen molar-refractivity contribution in [1.82, 2.24) is 5.32 Å². The van der Waals surface area contributed by atoms with Crippen LogP contribution in [0.15, 0.2) is 30.3 Å². The molecule has 0 unspecified atom stereocenters. The molecule has 0 spiro atoms. The zero-order valence-corrected chi connectivity index (χ0v) is 13.1. The van der Waals surface area contributed by atoms with Gasteiger partial charge in [-0.3, -0.25) is 4.79 Å². The summed E-state index contributed by atoms with van der Waals surface area (Å²) in [6.45, 7) is 9.74. The molecule has 20 heavy (non-hydrogen) atoms. The molecule has 0 aliphatic heterocycles. The van der Waals surface area contributed by atoms with Crippen LogP contribution in [-0.2, 0) is 10.2 Å². The molecule has 1 fully saturated rings. The Balaban J connectivity index is 1.99. The average molecular weight is 273 g/mol. The highest BCUT2D eigenvalue weighted by Crippen LogP contribution is 2.48. The molecule has 2 nitrogen and oxygen atoms in total. The Morgan fingerprint density at radius 3 is 2.10 bits per heavy atom. The standard InChI is InChI=1S/C18H27NO/c1-13(2)16(14(3)4)12-19-17(20)18(10-11-18)15-8-6-5-7-9-15/h5-9,13-14,16H,10-12H2,1-4H3,(H,19,20). The minimum Gasteiger partial charge on any atom is -0.355 e. The molecule has 0 aromatic heterocycles. The number of benzene rings is 1. The number of rotatable bonds is 6. The van der Waals surface area contributed by atoms with E-state index in [0.29, 0.717) is 17.8 Å². The summed E-state index contributed by atoms with van der Waals surface area (Å²) in [5, 5.41) is 3.21. The minimum atomic E-state index is -0.236. The van der Waals surface area contributed by atoms with E-state index in [1.165, 1.54) is 5.56 Å². The van der Waals surface area contributed by atoms with Gasteiger partial charge in [0, 0.05) is 6.54 Å². The number of hydrogen-bond acceptors (Lipinski definition) is 1. The van der Waals surface area contributed by atoms with Crippen LogP contribution in [0.2, 0.25) is 0 Å². The van der Waals surface area contributed by atoms with Crippen molar-refractivity contribution in [2.24, 2.45) is 17.8 Å². The van der Waals surface area contributed by atoms with Crippen LogP contribution in [0.4, 0.5) is 0 Å². The van der Waals surface area contributed by atoms with Gasteiger partial charge in [-0.2, -0.15) is 0 Å². The second-order valence-electron chi connectivity index (χ2n) is 6.81. The molecule has 0 radical (unpaired) electrons. The van der Waals surface area contributed by atoms with Crippen molar-refractivity contribution in [1.29, 1.82) is 0 Å². The van der Waals surface area contributed by atoms with Crippen molar-refractivity contribution in [3.05, 3.63) is 35.9 Å². The molecular formula is C18H27NO. The van der Waals surface area contributed by atoms with Gasteiger partial charge in [0.1, 0.15) is 0 Å². The van der Waals surface area contributed by atoms with Crippen LogP contribution in [0.1, 0.15) is 46.1 Å². The second kappa shape index (κ2) is 5.99. The fourth-order valence-corrected chi connectivity index (χ4v) is 3.15. The van der Waals surface area contributed by atoms with Gasteiger partial charge in [0.25, 0.3) is 0 Å². The lowest BCUT2D eigenvalue weighted by molar-refractivity contribution is -0.123. The summed E-state index contributed by atoms with van der Waals surface area (Å²) < 4.78 is 0. The lowest BCUT2D eigenvalue weighted by atomic mass is 9.85. The van der Waals surface area contributed by atoms with Crippen molar-refractivity contribution < 1.29 is 4.79 Å². The zero-order valence-electron chi connectivity index (χ0n) is 13.1. The molecule has 1 saturated carbocycles. The Bertz CT molecular complexity index is 438. The maximum atomic E-state index is 12.6. The maximum Gasteiger partial charge on any atom is 0.230 e. The number of amides is 1. The molecule has 1 amide bonds. The van der Waals surface area contributed by atoms with Gasteiger partial charge in [-0.1, -0.05) is 58.0 Å². The molecule has 0 atom stereocenters. The molecule has 110 valence electrons. The summed E-state index contributed by atoms with van der Waals surface area (Å²) in [7, 11) is 0. The van der Waals surface area contributed by atoms with E-state index >= 15 is 0 Å². The van der Waals surface area contributed by atoms with Crippen LogP contribution in [-0.4, -0.2) is 12.5 Å². The third-order valence-electron chi connectivity index (χ3n) is 4.72. The van der Waals surface area contributed by atoms with E-state index in [-0.39, 0.29) is 11.3 Å². The van der Waals surface area contributed by atoms with E-state index < -0.39 is 0 Å². The highest BCUT2D eigenvalue weighted by Gasteiger charge is 2.51. The summed E-state index contributed by atoms with van der Waals surface area (Å²) in [6.07, 6.45) is 1.97. The molecule has 0 heterocycles. The van der Waals surface area contributed by atoms with Gasteiger partial charge < -0.3 is 5.32 Å². The molecular weight excluding hydrogens is 246 g/mol. The van der Waals surface area contributed by atoms with E-state index in [4.69, 9.17) is 0 Å². The Morgan fingerprint density at radius 2 is 1.65 bits per heavy atom. The van der Waals surface area contributed by atoms with Gasteiger partial charge in [-0.25, -0.2) is 0 Å². The molecule has 2 rings (SSSR count). The second-order valence-corrected chi connectivity index (χ2v) is 6.81. The number of nitrogens with one attached hydrogen (secondary N) is 1. The largest absolute Gasteiger partial charge is 0.355 e. The van der Waals surface area contributed by atoms with E-state index in [9.17, 15) is 4.79 Å². The molecule has 0 bridgehead atoms. The Kier molecular flexibility index (Phi) is 4.52. The van der Waals surface area contributed by atoms with Crippen LogP contribution < -0.4 is 5.32 Å². The van der Waals surface area contributed by atoms with Crippen LogP contribution >= 0.6 is 0 Å². The molecule has 1 aromatic rings. The van der Waals surface area contributed by atoms with E-state index in [1.807, 2.05) is 18.2 Å². The summed E-state index contributed by atoms with van der Waals surface area (Å²) in [6, 6.07) is 10.2. The summed E-state index contributed by atoms with van der Waals surface area (Å²) in [4.78, 5) is 12.6. The lowest BCUT2D eigenvalue weighted by Gasteiger charge is -2.26. The topological polar surface area (TPSA) is 29.1 Å². The van der Waals surface area contributed by atoms with Crippen molar-refractivity contribution >= 4 is 5.91 Å². The monoisotopic (exact) mass is 273 g/mol. The van der Waals surface area contributed by atoms with Gasteiger partial charge in [-0.15, -0.1) is 0 Å². The molecule has 1 aliphatic rings. The fraction of sp³-hybridized carbons (Fsp3) is 0.611. The Hall–Kier alpha value is -1.31. The van der Waals surface area contributed by atoms with E-state index in [1.54, 1.807) is 0 Å². The van der Waals surface area contributed by atoms with Gasteiger partial charge in [0.15, 0.2) is 0 Å². The van der Waals surface area contributed by atoms with Crippen LogP contribution in [0.3, 0.4) is 0 Å². The quantitative estimate of drug-likeness (QED) is 0.840. The number of carbonyl (C=O) groups is 1. The summed E-state index contributed by atoms with van der Waals surface area (Å²) in [5.74, 6) is 1.96. The van der Waals surface area contributed by atoms with Gasteiger partial charge >= 0.3 is 0 Å². The predicted octanol–water partition coefficient (Wildman–Crippen LogP) is 3.76. The lowest BCUT2D eigenvalue weighted by Crippen LogP contribution is -2.39. The summed E-state index contributed by atoms with van der Waals surface area (Å²) >= 11 is 0. The van der Waals surface area contributed by atoms with Gasteiger partial charge in [0.2, 0.25) is 5.91 Å². The highest BCUT2D eigenvalue weighted by molar-refractivity contribution is 5.91. The maximum absolute atomic E-state index is 12.6. The van der Waals surface area contributed by atoms with Crippen molar-refractivity contribution in [2.75, 3.05) is 6.54 Å². The van der Waals surface area contributed by atoms with Crippen molar-refractivity contribution in [2.45, 2.75) is 46.0 Å². The Morgan fingerprint density at radius 1 is 1.10 bits per heavy atom. The number of hydrogen-bond donors (Lipinski definition) is 1. The van der Waals surface area contributed by atoms with Gasteiger partial charge in [-0.05, 0) is 36.2 Å². The first-order valence-corrected chi connectivity index (χ1v) is 7.81. The molecule has 2 heteroatoms. The minimum absolute atomic E-state index is 0.218. The van der Waals surface area contributed by atoms with Crippen molar-refractivity contribution in [3.8, 4) is 0 Å². The SMILES string of the molecule is CC(C)C(CNC(=O)C1(c2ccccc2)CC1)C(C)C. The normalized spacial score (nSPS) is 16.8. The predicted molar refractivity (Wildman–Crippen MR) is 83.5 cm³/mol. The molecule has 1 aromatic carbocycles. The third-order valence-corrected chi connectivity index (χ3v) is 4.72. The first kappa shape index (κ1) is 15.1. The number of carbonyl (C=O) groups excluding carboxylic acids is 1. The fourth-order valence-electron chi connectivity index (χ4n) is 3.15. The van der Waals surface area contributed by atoms with Crippen molar-refractivity contribution in [3.63, 3.8) is 0 Å². The van der Waals surface area contributed by atoms with E-state index in [0.717, 1.165) is 19.4 Å². The average Bonchev–Trinajstić information content (AvgIpc) is 3.20. The van der Waals surface area contributed by atoms with Gasteiger partial charge in [0.05, 0.1) is 5.41 Å². The third kappa shape index (κ3) is 3.05. The first-order chi connectivity index (χ1) is 9.47. The van der Waals surface area contributed by atoms with Crippen LogP contribution in [0.5, 0.6) is 0 Å². The smallest absolute Gasteiger partial charge is 0.230 e. The molecule has 1 N–H and O–H groups in total. The van der Waals surface area contributed by atoms with Crippen LogP contribution in [0.25, 0.3) is 0 Å².